The molecule has 32 heteroatoms. The third-order valence-electron chi connectivity index (χ3n) is 12.0. The van der Waals surface area contributed by atoms with E-state index in [1.54, 1.807) is 118 Å². The number of carbonyl (C=O) groups excluding carboxylic acids is 3. The number of carbonyl (C=O) groups is 4. The summed E-state index contributed by atoms with van der Waals surface area (Å²) in [6.45, 7) is 13.9. The van der Waals surface area contributed by atoms with Gasteiger partial charge in [-0.1, -0.05) is 53.4 Å². The highest BCUT2D eigenvalue weighted by atomic mass is 36.0. The second kappa shape index (κ2) is 42.3. The zero-order chi connectivity index (χ0) is 68.3. The minimum atomic E-state index is -3.33. The first kappa shape index (κ1) is 83.2. The largest absolute Gasteiger partial charge is 0.482 e. The van der Waals surface area contributed by atoms with Crippen molar-refractivity contribution in [3.05, 3.63) is 97.1 Å². The van der Waals surface area contributed by atoms with E-state index < -0.39 is 96.9 Å². The van der Waals surface area contributed by atoms with Crippen LogP contribution in [-0.4, -0.2) is 149 Å². The number of hydrogen-bond donors (Lipinski definition) is 2. The van der Waals surface area contributed by atoms with Gasteiger partial charge in [0.05, 0.1) is 54.3 Å². The Bertz CT molecular complexity index is 3130. The number of carboxylic acids is 1. The topological polar surface area (TPSA) is 319 Å². The van der Waals surface area contributed by atoms with E-state index in [0.717, 1.165) is 25.7 Å². The fourth-order valence-corrected chi connectivity index (χ4v) is 12.0. The normalized spacial score (nSPS) is 12.5. The minimum absolute atomic E-state index is 0.0983. The van der Waals surface area contributed by atoms with Gasteiger partial charge in [0.15, 0.2) is 24.4 Å². The van der Waals surface area contributed by atoms with Crippen molar-refractivity contribution in [2.24, 2.45) is 0 Å². The Hall–Kier alpha value is -5.82. The van der Waals surface area contributed by atoms with Crippen LogP contribution in [0.4, 0.5) is 22.7 Å². The van der Waals surface area contributed by atoms with Crippen LogP contribution in [0.25, 0.3) is 0 Å². The Kier molecular flexibility index (Phi) is 39.5. The first-order chi connectivity index (χ1) is 41.5. The second-order valence-electron chi connectivity index (χ2n) is 19.1. The molecule has 0 amide bonds. The summed E-state index contributed by atoms with van der Waals surface area (Å²) in [7, 11) is 1.23. The highest BCUT2D eigenvalue weighted by molar-refractivity contribution is 8.26. The molecule has 0 saturated carbocycles. The highest BCUT2D eigenvalue weighted by Gasteiger charge is 2.22. The number of benzene rings is 4. The molecule has 0 saturated heterocycles. The molecule has 0 bridgehead atoms. The van der Waals surface area contributed by atoms with Crippen LogP contribution >= 0.6 is 33.0 Å². The summed E-state index contributed by atoms with van der Waals surface area (Å²) in [5.74, 6) is 0.224. The van der Waals surface area contributed by atoms with Crippen molar-refractivity contribution in [1.29, 1.82) is 0 Å². The number of nitrogens with zero attached hydrogens (tertiary/aromatic N) is 3. The van der Waals surface area contributed by atoms with Gasteiger partial charge in [0.1, 0.15) is 23.0 Å². The molecule has 4 atom stereocenters. The number of methoxy groups -OCH3 is 2. The molecule has 24 nitrogen and oxygen atoms in total. The number of anilines is 4. The predicted octanol–water partition coefficient (Wildman–Crippen LogP) is 10.3. The van der Waals surface area contributed by atoms with Crippen molar-refractivity contribution in [1.82, 2.24) is 0 Å². The van der Waals surface area contributed by atoms with Crippen molar-refractivity contribution in [3.63, 3.8) is 0 Å². The molecule has 0 radical (unpaired) electrons. The summed E-state index contributed by atoms with van der Waals surface area (Å²) in [6, 6.07) is 25.7. The molecule has 0 fully saturated rings. The van der Waals surface area contributed by atoms with Crippen molar-refractivity contribution in [2.75, 3.05) is 76.0 Å². The lowest BCUT2D eigenvalue weighted by Gasteiger charge is -2.20. The molecule has 4 aromatic carbocycles. The summed E-state index contributed by atoms with van der Waals surface area (Å²) in [4.78, 5) is 44.1. The number of esters is 2. The fraction of sp³-hybridized carbons (Fsp3) is 0.509. The number of rotatable bonds is 32. The number of hydrogen-bond acceptors (Lipinski definition) is 19. The lowest BCUT2D eigenvalue weighted by Crippen LogP contribution is -2.29. The van der Waals surface area contributed by atoms with E-state index in [4.69, 9.17) is 39.9 Å². The van der Waals surface area contributed by atoms with Gasteiger partial charge in [0, 0.05) is 48.2 Å². The Labute approximate surface area is 542 Å². The van der Waals surface area contributed by atoms with Crippen LogP contribution in [0.3, 0.4) is 0 Å². The number of halogens is 3. The Balaban J connectivity index is 0.00000114. The summed E-state index contributed by atoms with van der Waals surface area (Å²) in [5.41, 5.74) is 2.07. The molecule has 0 aliphatic rings. The van der Waals surface area contributed by atoms with Gasteiger partial charge < -0.3 is 33.5 Å². The SMILES string of the molecule is CCCCS(=O)(=O)N(C)c1ccc(OC(C)C(=O)Cl)cc1.CCCCS(=O)(=O)N(C)c1ccc(OC(C)C(=O)O)cc1.CCCCS(=O)(=O)N(C)c1ccc(OC(C)C(=O)OC)cc1.CCCCS(=O)(=O)Nc1ccc(OC(C)C(=O)OC)cc1.O=S(Cl)Cl. The Morgan fingerprint density at radius 1 is 0.472 bits per heavy atom. The number of carboxylic acid groups (broad SMARTS) is 1. The van der Waals surface area contributed by atoms with Gasteiger partial charge in [-0.05, 0) is 162 Å². The van der Waals surface area contributed by atoms with Gasteiger partial charge in [-0.3, -0.25) is 22.4 Å². The molecule has 504 valence electrons. The van der Waals surface area contributed by atoms with E-state index in [9.17, 15) is 52.8 Å². The van der Waals surface area contributed by atoms with E-state index >= 15 is 0 Å². The minimum Gasteiger partial charge on any atom is -0.482 e. The van der Waals surface area contributed by atoms with E-state index in [2.05, 4.69) is 35.6 Å². The molecule has 0 aliphatic heterocycles. The summed E-state index contributed by atoms with van der Waals surface area (Å²) < 4.78 is 142. The standard InChI is InChI=1S/C15H23NO5S.C14H20ClNO4S.2C14H21NO5S.Cl2OS/c1-5-6-11-22(18,19)16(3)13-7-9-14(10-8-13)21-12(2)15(17)20-4;1-4-5-10-21(18,19)16(3)12-6-8-13(9-7-12)20-11(2)14(15)17;1-4-5-10-21(17,18)15-12-6-8-13(9-7-12)20-11(2)14(16)19-3;1-4-5-10-21(18,19)15(3)12-6-8-13(9-7-12)20-11(2)14(16)17;1-4(2)3/h7-10,12H,5-6,11H2,1-4H3;6-9,11H,4-5,10H2,1-3H3;6-9,11,15H,4-5,10H2,1-3H3;6-9,11H,4-5,10H2,1-3H3,(H,16,17);. The monoisotopic (exact) mass is 1410 g/mol. The van der Waals surface area contributed by atoms with Crippen LogP contribution in [-0.2, 0) is 78.0 Å². The van der Waals surface area contributed by atoms with E-state index in [1.807, 2.05) is 27.7 Å². The third kappa shape index (κ3) is 33.7. The molecule has 89 heavy (non-hydrogen) atoms. The first-order valence-electron chi connectivity index (χ1n) is 27.8. The van der Waals surface area contributed by atoms with Gasteiger partial charge >= 0.3 is 17.9 Å². The maximum atomic E-state index is 12.1. The first-order valence-corrected chi connectivity index (χ1v) is 37.4. The number of ether oxygens (including phenoxy) is 6. The quantitative estimate of drug-likeness (QED) is 0.0339. The van der Waals surface area contributed by atoms with Crippen molar-refractivity contribution >= 4 is 128 Å². The number of sulfonamides is 4. The molecule has 0 heterocycles. The average molecular weight is 1410 g/mol. The van der Waals surface area contributed by atoms with Crippen LogP contribution in [0.2, 0.25) is 0 Å². The van der Waals surface area contributed by atoms with Gasteiger partial charge in [0.2, 0.25) is 49.3 Å². The maximum absolute atomic E-state index is 12.1. The van der Waals surface area contributed by atoms with Crippen molar-refractivity contribution in [3.8, 4) is 23.0 Å². The van der Waals surface area contributed by atoms with Gasteiger partial charge in [-0.2, -0.15) is 0 Å². The van der Waals surface area contributed by atoms with Crippen molar-refractivity contribution < 1.29 is 90.6 Å². The van der Waals surface area contributed by atoms with Crippen LogP contribution in [0, 0.1) is 0 Å². The predicted molar refractivity (Wildman–Crippen MR) is 352 cm³/mol. The number of unbranched alkanes of at least 4 members (excludes halogenated alkanes) is 4. The molecule has 4 rings (SSSR count). The summed E-state index contributed by atoms with van der Waals surface area (Å²) >= 11 is 5.32. The molecule has 0 spiro atoms. The lowest BCUT2D eigenvalue weighted by molar-refractivity contribution is -0.148. The second-order valence-corrected chi connectivity index (χ2v) is 30.2. The molecule has 2 N–H and O–H groups in total. The fourth-order valence-electron chi connectivity index (χ4n) is 6.58. The highest BCUT2D eigenvalue weighted by Crippen LogP contribution is 2.26. The van der Waals surface area contributed by atoms with Gasteiger partial charge in [-0.25, -0.2) is 52.3 Å². The van der Waals surface area contributed by atoms with E-state index in [1.165, 1.54) is 55.2 Å². The molecule has 0 aromatic heterocycles. The third-order valence-corrected chi connectivity index (χ3v) is 19.2. The van der Waals surface area contributed by atoms with Crippen LogP contribution in [0.5, 0.6) is 23.0 Å². The van der Waals surface area contributed by atoms with Gasteiger partial charge in [-0.15, -0.1) is 0 Å². The average Bonchev–Trinajstić information content (AvgIpc) is 2.80. The zero-order valence-electron chi connectivity index (χ0n) is 52.3. The molecular formula is C57H85Cl3N4O20S5. The summed E-state index contributed by atoms with van der Waals surface area (Å²) in [5, 5.41) is 8.18. The van der Waals surface area contributed by atoms with Crippen LogP contribution in [0.1, 0.15) is 107 Å². The van der Waals surface area contributed by atoms with Crippen LogP contribution < -0.4 is 36.6 Å². The Morgan fingerprint density at radius 2 is 0.719 bits per heavy atom. The molecule has 4 aromatic rings. The zero-order valence-corrected chi connectivity index (χ0v) is 58.6. The van der Waals surface area contributed by atoms with Crippen molar-refractivity contribution in [2.45, 2.75) is 131 Å². The lowest BCUT2D eigenvalue weighted by atomic mass is 10.3. The maximum Gasteiger partial charge on any atom is 0.346 e. The number of aliphatic carboxylic acids is 1. The Morgan fingerprint density at radius 3 is 0.966 bits per heavy atom. The molecule has 0 aliphatic carbocycles. The van der Waals surface area contributed by atoms with Crippen LogP contribution in [0.15, 0.2) is 97.1 Å². The van der Waals surface area contributed by atoms with Gasteiger partial charge in [0.25, 0.3) is 5.24 Å². The number of nitrogens with one attached hydrogen (secondary N) is 1. The molecular weight excluding hydrogens is 1330 g/mol. The molecule has 4 unspecified atom stereocenters. The smallest absolute Gasteiger partial charge is 0.346 e. The van der Waals surface area contributed by atoms with E-state index in [0.29, 0.717) is 71.4 Å². The van der Waals surface area contributed by atoms with E-state index in [-0.39, 0.29) is 23.0 Å². The summed E-state index contributed by atoms with van der Waals surface area (Å²) in [6.07, 6.45) is 2.63.